The Morgan fingerprint density at radius 3 is 2.15 bits per heavy atom. The number of aromatic hydroxyl groups is 1. The molecule has 4 aliphatic rings. The maximum Gasteiger partial charge on any atom is 0.410 e. The summed E-state index contributed by atoms with van der Waals surface area (Å²) in [6.45, 7) is 11.3. The smallest absolute Gasteiger partial charge is 0.410 e. The van der Waals surface area contributed by atoms with E-state index in [9.17, 15) is 24.3 Å². The van der Waals surface area contributed by atoms with Crippen molar-refractivity contribution >= 4 is 29.7 Å². The molecule has 0 aliphatic carbocycles. The monoisotopic (exact) mass is 731 g/mol. The van der Waals surface area contributed by atoms with Gasteiger partial charge in [-0.3, -0.25) is 9.59 Å². The number of carbonyl (C=O) groups is 4. The zero-order chi connectivity index (χ0) is 37.5. The molecule has 0 radical (unpaired) electrons. The van der Waals surface area contributed by atoms with E-state index in [4.69, 9.17) is 9.47 Å². The summed E-state index contributed by atoms with van der Waals surface area (Å²) in [6, 6.07) is 11.5. The molecule has 0 spiro atoms. The first kappa shape index (κ1) is 38.4. The Balaban J connectivity index is 1.03. The second kappa shape index (κ2) is 17.7. The van der Waals surface area contributed by atoms with Crippen molar-refractivity contribution in [3.63, 3.8) is 0 Å². The molecule has 53 heavy (non-hydrogen) atoms. The predicted octanol–water partition coefficient (Wildman–Crippen LogP) is 5.52. The molecular formula is C41H57N5O7. The van der Waals surface area contributed by atoms with Gasteiger partial charge in [-0.1, -0.05) is 30.3 Å². The van der Waals surface area contributed by atoms with Gasteiger partial charge in [0.15, 0.2) is 6.10 Å². The SMILES string of the molecule is CCOC(=O)CCN1CCC(C2CCN(C(=O)[C@@H](Cc3cc(C)c(O)c(C)c3)OC(=O)N3CCC(N4CCc5ccccc5NC4=O)CC3)CC2)CC1. The number of carbonyl (C=O) groups excluding carboxylic acids is 4. The third kappa shape index (κ3) is 9.62. The van der Waals surface area contributed by atoms with Gasteiger partial charge in [0, 0.05) is 57.4 Å². The topological polar surface area (TPSA) is 132 Å². The Hall–Kier alpha value is -4.32. The van der Waals surface area contributed by atoms with Crippen LogP contribution in [0.4, 0.5) is 15.3 Å². The highest BCUT2D eigenvalue weighted by Gasteiger charge is 2.37. The molecule has 3 saturated heterocycles. The van der Waals surface area contributed by atoms with Crippen LogP contribution < -0.4 is 5.32 Å². The lowest BCUT2D eigenvalue weighted by molar-refractivity contribution is -0.144. The summed E-state index contributed by atoms with van der Waals surface area (Å²) in [6.07, 6.45) is 5.20. The number of urea groups is 1. The summed E-state index contributed by atoms with van der Waals surface area (Å²) in [5.41, 5.74) is 4.24. The minimum Gasteiger partial charge on any atom is -0.507 e. The molecule has 0 bridgehead atoms. The highest BCUT2D eigenvalue weighted by molar-refractivity contribution is 5.91. The molecule has 2 aromatic carbocycles. The van der Waals surface area contributed by atoms with Gasteiger partial charge < -0.3 is 39.5 Å². The number of nitrogens with zero attached hydrogens (tertiary/aromatic N) is 4. The van der Waals surface area contributed by atoms with Gasteiger partial charge in [0.1, 0.15) is 5.75 Å². The van der Waals surface area contributed by atoms with E-state index in [2.05, 4.69) is 10.2 Å². The van der Waals surface area contributed by atoms with Crippen molar-refractivity contribution in [1.29, 1.82) is 0 Å². The summed E-state index contributed by atoms with van der Waals surface area (Å²) in [7, 11) is 0. The summed E-state index contributed by atoms with van der Waals surface area (Å²) >= 11 is 0. The summed E-state index contributed by atoms with van der Waals surface area (Å²) < 4.78 is 11.2. The number of rotatable bonds is 10. The van der Waals surface area contributed by atoms with E-state index in [1.54, 1.807) is 4.90 Å². The number of benzene rings is 2. The van der Waals surface area contributed by atoms with Crippen LogP contribution in [0.3, 0.4) is 0 Å². The Bertz CT molecular complexity index is 1590. The molecule has 12 nitrogen and oxygen atoms in total. The number of fused-ring (bicyclic) bond motifs is 1. The largest absolute Gasteiger partial charge is 0.507 e. The molecule has 4 heterocycles. The molecule has 4 amide bonds. The maximum absolute atomic E-state index is 14.2. The molecule has 4 aliphatic heterocycles. The number of para-hydroxylation sites is 1. The lowest BCUT2D eigenvalue weighted by atomic mass is 9.78. The molecule has 288 valence electrons. The van der Waals surface area contributed by atoms with Gasteiger partial charge in [-0.15, -0.1) is 0 Å². The normalized spacial score (nSPS) is 20.0. The Kier molecular flexibility index (Phi) is 12.8. The standard InChI is InChI=1S/C41H57N5O7/c1-4-52-37(47)16-19-43-17-9-31(10-18-43)32-11-20-44(21-12-32)39(49)36(27-30-25-28(2)38(48)29(3)26-30)53-41(51)45-22-14-34(15-23-45)46-24-13-33-7-5-6-8-35(33)42-40(46)50/h5-8,25-26,31-32,34,36,48H,4,9-24,27H2,1-3H3,(H,42,50)/t36-/m1/s1. The van der Waals surface area contributed by atoms with E-state index < -0.39 is 12.2 Å². The van der Waals surface area contributed by atoms with Crippen molar-refractivity contribution < 1.29 is 33.8 Å². The highest BCUT2D eigenvalue weighted by atomic mass is 16.6. The number of amides is 4. The average molecular weight is 732 g/mol. The van der Waals surface area contributed by atoms with Crippen molar-refractivity contribution in [2.45, 2.75) is 90.7 Å². The quantitative estimate of drug-likeness (QED) is 0.306. The van der Waals surface area contributed by atoms with Crippen LogP contribution in [0, 0.1) is 25.7 Å². The van der Waals surface area contributed by atoms with Gasteiger partial charge in [-0.25, -0.2) is 9.59 Å². The van der Waals surface area contributed by atoms with Crippen LogP contribution in [-0.4, -0.2) is 120 Å². The summed E-state index contributed by atoms with van der Waals surface area (Å²) in [5, 5.41) is 13.4. The second-order valence-corrected chi connectivity index (χ2v) is 15.3. The molecule has 1 atom stereocenters. The Morgan fingerprint density at radius 1 is 0.868 bits per heavy atom. The van der Waals surface area contributed by atoms with Crippen molar-refractivity contribution in [2.24, 2.45) is 11.8 Å². The van der Waals surface area contributed by atoms with Gasteiger partial charge in [-0.05, 0) is 119 Å². The van der Waals surface area contributed by atoms with Crippen LogP contribution >= 0.6 is 0 Å². The fourth-order valence-corrected chi connectivity index (χ4v) is 8.78. The van der Waals surface area contributed by atoms with Crippen molar-refractivity contribution in [2.75, 3.05) is 64.3 Å². The lowest BCUT2D eigenvalue weighted by Gasteiger charge is -2.41. The number of nitrogens with one attached hydrogen (secondary N) is 1. The van der Waals surface area contributed by atoms with E-state index >= 15 is 0 Å². The number of anilines is 1. The van der Waals surface area contributed by atoms with E-state index in [-0.39, 0.29) is 36.1 Å². The zero-order valence-electron chi connectivity index (χ0n) is 31.7. The number of hydrogen-bond donors (Lipinski definition) is 2. The number of likely N-dealkylation sites (tertiary alicyclic amines) is 3. The molecule has 3 fully saturated rings. The minimum absolute atomic E-state index is 0.00636. The van der Waals surface area contributed by atoms with E-state index in [0.29, 0.717) is 81.6 Å². The first-order valence-corrected chi connectivity index (χ1v) is 19.7. The van der Waals surface area contributed by atoms with Crippen LogP contribution in [0.25, 0.3) is 0 Å². The minimum atomic E-state index is -0.988. The number of piperidine rings is 3. The average Bonchev–Trinajstić information content (AvgIpc) is 3.34. The third-order valence-corrected chi connectivity index (χ3v) is 11.9. The van der Waals surface area contributed by atoms with Gasteiger partial charge in [-0.2, -0.15) is 0 Å². The van der Waals surface area contributed by atoms with Gasteiger partial charge in [0.25, 0.3) is 5.91 Å². The third-order valence-electron chi connectivity index (χ3n) is 11.9. The van der Waals surface area contributed by atoms with Crippen LogP contribution in [0.2, 0.25) is 0 Å². The summed E-state index contributed by atoms with van der Waals surface area (Å²) in [4.78, 5) is 60.6. The second-order valence-electron chi connectivity index (χ2n) is 15.3. The number of aryl methyl sites for hydroxylation is 2. The molecule has 0 saturated carbocycles. The molecular weight excluding hydrogens is 674 g/mol. The first-order chi connectivity index (χ1) is 25.6. The van der Waals surface area contributed by atoms with E-state index in [0.717, 1.165) is 68.6 Å². The number of phenols is 1. The zero-order valence-corrected chi connectivity index (χ0v) is 31.7. The van der Waals surface area contributed by atoms with Gasteiger partial charge >= 0.3 is 18.1 Å². The molecule has 6 rings (SSSR count). The Morgan fingerprint density at radius 2 is 1.49 bits per heavy atom. The maximum atomic E-state index is 14.2. The van der Waals surface area contributed by atoms with Crippen molar-refractivity contribution in [1.82, 2.24) is 19.6 Å². The fraction of sp³-hybridized carbons (Fsp3) is 0.610. The highest BCUT2D eigenvalue weighted by Crippen LogP contribution is 2.33. The molecule has 0 aromatic heterocycles. The number of esters is 1. The lowest BCUT2D eigenvalue weighted by Crippen LogP contribution is -2.52. The Labute approximate surface area is 313 Å². The van der Waals surface area contributed by atoms with E-state index in [1.165, 1.54) is 0 Å². The molecule has 12 heteroatoms. The van der Waals surface area contributed by atoms with Crippen LogP contribution in [0.1, 0.15) is 74.1 Å². The molecule has 0 unspecified atom stereocenters. The first-order valence-electron chi connectivity index (χ1n) is 19.7. The fourth-order valence-electron chi connectivity index (χ4n) is 8.78. The van der Waals surface area contributed by atoms with E-state index in [1.807, 2.05) is 67.0 Å². The number of ether oxygens (including phenoxy) is 2. The molecule has 2 N–H and O–H groups in total. The van der Waals surface area contributed by atoms with Crippen LogP contribution in [-0.2, 0) is 31.9 Å². The van der Waals surface area contributed by atoms with Crippen LogP contribution in [0.5, 0.6) is 5.75 Å². The van der Waals surface area contributed by atoms with Gasteiger partial charge in [0.05, 0.1) is 13.0 Å². The number of phenolic OH excluding ortho intramolecular Hbond substituents is 1. The van der Waals surface area contributed by atoms with Crippen LogP contribution in [0.15, 0.2) is 36.4 Å². The molecule has 2 aromatic rings. The number of hydrogen-bond acceptors (Lipinski definition) is 8. The van der Waals surface area contributed by atoms with Crippen molar-refractivity contribution in [3.05, 3.63) is 58.7 Å². The summed E-state index contributed by atoms with van der Waals surface area (Å²) in [5.74, 6) is 1.05. The van der Waals surface area contributed by atoms with Gasteiger partial charge in [0.2, 0.25) is 0 Å². The van der Waals surface area contributed by atoms with Crippen molar-refractivity contribution in [3.8, 4) is 5.75 Å². The predicted molar refractivity (Wildman–Crippen MR) is 202 cm³/mol.